The Hall–Kier alpha value is -9.62. The largest absolute Gasteiger partial charge is 0.493 e. The molecule has 6 heteroatoms. The van der Waals surface area contributed by atoms with Crippen LogP contribution in [-0.2, 0) is 10.8 Å². The molecule has 0 fully saturated rings. The number of ether oxygens (including phenoxy) is 6. The number of benzene rings is 11. The van der Waals surface area contributed by atoms with Gasteiger partial charge in [-0.2, -0.15) is 0 Å². The molecule has 4 bridgehead atoms. The van der Waals surface area contributed by atoms with Crippen molar-refractivity contribution in [2.75, 3.05) is 39.6 Å². The molecule has 144 heavy (non-hydrogen) atoms. The average molecular weight is 1940 g/mol. The third kappa shape index (κ3) is 27.9. The molecule has 0 saturated heterocycles. The van der Waals surface area contributed by atoms with Gasteiger partial charge in [-0.1, -0.05) is 533 Å². The monoisotopic (exact) mass is 1940 g/mol. The minimum Gasteiger partial charge on any atom is -0.493 e. The van der Waals surface area contributed by atoms with Gasteiger partial charge in [0.15, 0.2) is 0 Å². The van der Waals surface area contributed by atoms with E-state index >= 15 is 0 Å². The lowest BCUT2D eigenvalue weighted by atomic mass is 9.52. The van der Waals surface area contributed by atoms with Crippen LogP contribution in [0.1, 0.15) is 517 Å². The molecule has 0 N–H and O–H groups in total. The zero-order valence-corrected chi connectivity index (χ0v) is 90.6. The van der Waals surface area contributed by atoms with Crippen molar-refractivity contribution in [2.45, 2.75) is 449 Å². The maximum Gasteiger partial charge on any atom is 0.123 e. The van der Waals surface area contributed by atoms with Gasteiger partial charge >= 0.3 is 0 Å². The van der Waals surface area contributed by atoms with Gasteiger partial charge in [-0.05, 0) is 176 Å². The third-order valence-electron chi connectivity index (χ3n) is 32.7. The predicted octanol–water partition coefficient (Wildman–Crippen LogP) is 40.5. The lowest BCUT2D eigenvalue weighted by molar-refractivity contribution is 0.288. The quantitative estimate of drug-likeness (QED) is 0.0215. The zero-order chi connectivity index (χ0) is 99.3. The molecule has 0 unspecified atom stereocenters. The minimum absolute atomic E-state index is 0.234. The fraction of sp³-hybridized carbons (Fsp3) is 0.551. The first kappa shape index (κ1) is 109. The molecule has 17 rings (SSSR count). The number of fused-ring (bicyclic) bond motifs is 4. The Bertz CT molecular complexity index is 5050. The summed E-state index contributed by atoms with van der Waals surface area (Å²) in [6.45, 7) is 17.8. The third-order valence-corrected chi connectivity index (χ3v) is 32.7. The van der Waals surface area contributed by atoms with E-state index in [2.05, 4.69) is 247 Å². The fourth-order valence-corrected chi connectivity index (χ4v) is 24.7. The molecule has 0 saturated carbocycles. The van der Waals surface area contributed by atoms with E-state index in [0.29, 0.717) is 39.6 Å². The Kier molecular flexibility index (Phi) is 44.8. The van der Waals surface area contributed by atoms with Gasteiger partial charge < -0.3 is 28.4 Å². The van der Waals surface area contributed by atoms with Gasteiger partial charge in [0, 0.05) is 56.3 Å². The lowest BCUT2D eigenvalue weighted by Crippen LogP contribution is -2.42. The van der Waals surface area contributed by atoms with Crippen LogP contribution in [-0.4, -0.2) is 39.6 Å². The van der Waals surface area contributed by atoms with Gasteiger partial charge in [-0.15, -0.1) is 0 Å². The Morgan fingerprint density at radius 1 is 0.181 bits per heavy atom. The normalized spacial score (nSPS) is 15.4. The summed E-state index contributed by atoms with van der Waals surface area (Å²) in [4.78, 5) is 0. The molecule has 770 valence electrons. The average Bonchev–Trinajstić information content (AvgIpc) is 0.670. The molecule has 6 nitrogen and oxygen atoms in total. The van der Waals surface area contributed by atoms with Crippen molar-refractivity contribution in [1.82, 2.24) is 0 Å². The highest BCUT2D eigenvalue weighted by molar-refractivity contribution is 6.16. The maximum atomic E-state index is 7.43. The highest BCUT2D eigenvalue weighted by Crippen LogP contribution is 2.67. The van der Waals surface area contributed by atoms with Crippen LogP contribution in [0.25, 0.3) is 43.1 Å². The molecule has 6 aliphatic carbocycles. The number of hydrogen-bond acceptors (Lipinski definition) is 6. The summed E-state index contributed by atoms with van der Waals surface area (Å²) in [5.74, 6) is 22.9. The Labute approximate surface area is 872 Å². The summed E-state index contributed by atoms with van der Waals surface area (Å²) >= 11 is 0. The van der Waals surface area contributed by atoms with Crippen LogP contribution in [0.4, 0.5) is 0 Å². The summed E-state index contributed by atoms with van der Waals surface area (Å²) in [5, 5.41) is 8.92. The number of unbranched alkanes of at least 4 members (excludes halogenated alkanes) is 54. The molecule has 11 aromatic carbocycles. The summed E-state index contributed by atoms with van der Waals surface area (Å²) in [6.07, 6.45) is 76.0. The van der Waals surface area contributed by atoms with E-state index in [9.17, 15) is 0 Å². The molecule has 0 amide bonds. The van der Waals surface area contributed by atoms with Gasteiger partial charge in [0.2, 0.25) is 0 Å². The Morgan fingerprint density at radius 2 is 0.333 bits per heavy atom. The van der Waals surface area contributed by atoms with Gasteiger partial charge in [0.05, 0.1) is 39.6 Å². The Balaban J connectivity index is 0.894. The van der Waals surface area contributed by atoms with Crippen molar-refractivity contribution >= 4 is 43.1 Å². The van der Waals surface area contributed by atoms with Crippen LogP contribution in [0.15, 0.2) is 182 Å². The van der Waals surface area contributed by atoms with Crippen LogP contribution in [0.3, 0.4) is 0 Å². The molecule has 0 aliphatic heterocycles. The number of hydrogen-bond donors (Lipinski definition) is 0. The molecule has 0 heterocycles. The van der Waals surface area contributed by atoms with Crippen molar-refractivity contribution in [2.24, 2.45) is 0 Å². The molecule has 0 atom stereocenters. The van der Waals surface area contributed by atoms with Crippen LogP contribution < -0.4 is 28.4 Å². The standard InChI is InChI=1S/C138H182O6/c1-7-13-19-25-31-37-43-49-55-65-97-139-123-87-71-81-117-129(123)135-130-118(82-72-88-124(130)140-98-66-56-50-44-38-32-26-20-14-8-2)137(117,119-83-73-89-125(131(119)135)141-99-67-57-51-45-39-33-27-21-15-9-3)95-93-111-113-103-107-77-61-63-79-109(107)105-115(113)112(116-106-110-80-64-62-78-108(110)104-114(111)116)94-96-138-120-84-74-90-126(142-100-68-58-52-46-40-34-28-22-16-10-4)132(120)136(133-121(138)85-75-91-127(133)143-101-69-59-53-47-41-35-29-23-17-11-5)134-122(138)86-76-92-128(134)144-102-70-60-54-48-42-36-30-24-18-12-6/h61-64,71-92,103-106,135-136H,7-60,65-70,97-102H2,1-6H3. The molecule has 0 radical (unpaired) electrons. The highest BCUT2D eigenvalue weighted by Gasteiger charge is 2.57. The molecule has 0 spiro atoms. The summed E-state index contributed by atoms with van der Waals surface area (Å²) in [5.41, 5.74) is 14.2. The van der Waals surface area contributed by atoms with E-state index in [0.717, 1.165) is 166 Å². The van der Waals surface area contributed by atoms with Crippen LogP contribution >= 0.6 is 0 Å². The van der Waals surface area contributed by atoms with Gasteiger partial charge in [-0.25, -0.2) is 0 Å². The topological polar surface area (TPSA) is 55.4 Å². The van der Waals surface area contributed by atoms with E-state index < -0.39 is 10.8 Å². The van der Waals surface area contributed by atoms with E-state index in [1.54, 1.807) is 0 Å². The summed E-state index contributed by atoms with van der Waals surface area (Å²) in [7, 11) is 0. The Morgan fingerprint density at radius 3 is 0.493 bits per heavy atom. The van der Waals surface area contributed by atoms with Gasteiger partial charge in [0.1, 0.15) is 45.3 Å². The SMILES string of the molecule is CCCCCCCCCCCCOc1cccc2c1C1c3c(OCCCCCCCCCCCC)cccc3C2(C#Cc2c3cc4ccccc4cc3c(C#CC34c5cccc(OCCCCCCCCCCCC)c5C(c5c(OCCCCCCCCCCCC)cccc53)c3c(OCCCCCCCCCCCC)cccc34)c3cc4ccccc4cc23)c2cccc(OCCCCCCCCCCCC)c21. The van der Waals surface area contributed by atoms with Gasteiger partial charge in [-0.3, -0.25) is 0 Å². The summed E-state index contributed by atoms with van der Waals surface area (Å²) in [6, 6.07) is 69.5. The molecular formula is C138H182O6. The second kappa shape index (κ2) is 59.4. The molecule has 6 aliphatic rings. The molecule has 11 aromatic rings. The second-order valence-corrected chi connectivity index (χ2v) is 43.6. The van der Waals surface area contributed by atoms with Crippen LogP contribution in [0, 0.1) is 23.7 Å². The number of rotatable bonds is 72. The smallest absolute Gasteiger partial charge is 0.123 e. The second-order valence-electron chi connectivity index (χ2n) is 43.6. The van der Waals surface area contributed by atoms with Crippen molar-refractivity contribution in [3.63, 3.8) is 0 Å². The highest BCUT2D eigenvalue weighted by atomic mass is 16.5. The van der Waals surface area contributed by atoms with Crippen LogP contribution in [0.2, 0.25) is 0 Å². The van der Waals surface area contributed by atoms with Crippen molar-refractivity contribution < 1.29 is 28.4 Å². The van der Waals surface area contributed by atoms with E-state index in [-0.39, 0.29) is 11.8 Å². The fourth-order valence-electron chi connectivity index (χ4n) is 24.7. The zero-order valence-electron chi connectivity index (χ0n) is 90.6. The van der Waals surface area contributed by atoms with Gasteiger partial charge in [0.25, 0.3) is 0 Å². The maximum absolute atomic E-state index is 7.43. The van der Waals surface area contributed by atoms with Crippen molar-refractivity contribution in [3.8, 4) is 58.2 Å². The van der Waals surface area contributed by atoms with E-state index in [1.165, 1.54) is 375 Å². The molecule has 0 aromatic heterocycles. The van der Waals surface area contributed by atoms with Crippen LogP contribution in [0.5, 0.6) is 34.5 Å². The predicted molar refractivity (Wildman–Crippen MR) is 615 cm³/mol. The lowest BCUT2D eigenvalue weighted by Gasteiger charge is -2.49. The minimum atomic E-state index is -1.02. The molecular weight excluding hydrogens is 1750 g/mol. The first-order chi connectivity index (χ1) is 71.4. The summed E-state index contributed by atoms with van der Waals surface area (Å²) < 4.78 is 44.6. The van der Waals surface area contributed by atoms with Crippen molar-refractivity contribution in [3.05, 3.63) is 260 Å². The first-order valence-electron chi connectivity index (χ1n) is 59.9. The van der Waals surface area contributed by atoms with E-state index in [4.69, 9.17) is 28.4 Å². The van der Waals surface area contributed by atoms with E-state index in [1.807, 2.05) is 0 Å². The van der Waals surface area contributed by atoms with Crippen molar-refractivity contribution in [1.29, 1.82) is 0 Å². The first-order valence-corrected chi connectivity index (χ1v) is 59.9.